The van der Waals surface area contributed by atoms with Gasteiger partial charge in [0.05, 0.1) is 5.75 Å². The summed E-state index contributed by atoms with van der Waals surface area (Å²) < 4.78 is 4.29. The summed E-state index contributed by atoms with van der Waals surface area (Å²) in [5.74, 6) is 0.0967. The van der Waals surface area contributed by atoms with Gasteiger partial charge in [0.15, 0.2) is 16.3 Å². The first-order valence-electron chi connectivity index (χ1n) is 8.67. The van der Waals surface area contributed by atoms with Crippen LogP contribution in [0.15, 0.2) is 14.7 Å². The third kappa shape index (κ3) is 4.20. The van der Waals surface area contributed by atoms with Crippen molar-refractivity contribution in [3.63, 3.8) is 0 Å². The van der Waals surface area contributed by atoms with Crippen LogP contribution in [0.25, 0.3) is 11.2 Å². The van der Waals surface area contributed by atoms with Crippen LogP contribution in [-0.4, -0.2) is 35.9 Å². The average Bonchev–Trinajstić information content (AvgIpc) is 2.91. The monoisotopic (exact) mass is 381 g/mol. The smallest absolute Gasteiger partial charge is 0.332 e. The first-order valence-corrected chi connectivity index (χ1v) is 9.65. The molecule has 0 radical (unpaired) electrons. The summed E-state index contributed by atoms with van der Waals surface area (Å²) in [6.45, 7) is 8.45. The van der Waals surface area contributed by atoms with Gasteiger partial charge >= 0.3 is 5.69 Å². The van der Waals surface area contributed by atoms with Crippen molar-refractivity contribution in [3.05, 3.63) is 20.8 Å². The number of aromatic nitrogens is 4. The normalized spacial score (nSPS) is 11.9. The molecule has 0 aliphatic carbocycles. The van der Waals surface area contributed by atoms with E-state index in [2.05, 4.69) is 17.2 Å². The number of thioether (sulfide) groups is 1. The Bertz CT molecular complexity index is 933. The molecule has 2 aromatic rings. The molecule has 2 aromatic heterocycles. The van der Waals surface area contributed by atoms with Crippen molar-refractivity contribution >= 4 is 28.8 Å². The third-order valence-electron chi connectivity index (χ3n) is 3.90. The minimum absolute atomic E-state index is 0.0987. The lowest BCUT2D eigenvalue weighted by molar-refractivity contribution is -0.119. The number of amides is 1. The van der Waals surface area contributed by atoms with Gasteiger partial charge in [-0.1, -0.05) is 25.1 Å². The van der Waals surface area contributed by atoms with Crippen LogP contribution < -0.4 is 16.6 Å². The highest BCUT2D eigenvalue weighted by Gasteiger charge is 2.20. The topological polar surface area (TPSA) is 90.9 Å². The van der Waals surface area contributed by atoms with Crippen LogP contribution >= 0.6 is 11.8 Å². The average molecular weight is 382 g/mol. The van der Waals surface area contributed by atoms with Gasteiger partial charge in [0.2, 0.25) is 5.91 Å². The molecule has 0 saturated heterocycles. The van der Waals surface area contributed by atoms with Gasteiger partial charge in [-0.05, 0) is 27.2 Å². The van der Waals surface area contributed by atoms with Crippen molar-refractivity contribution in [1.29, 1.82) is 0 Å². The standard InChI is InChI=1S/C17H27N5O3S/c1-7-8-9-22-12-13(20(5)16(25)21(6)14(12)24)18-15(22)26-10-11(23)19-17(2,3)4/h7-10H2,1-6H3,(H,19,23). The molecule has 0 aliphatic heterocycles. The Hall–Kier alpha value is -2.03. The molecule has 0 spiro atoms. The van der Waals surface area contributed by atoms with E-state index in [1.807, 2.05) is 25.3 Å². The zero-order chi connectivity index (χ0) is 19.6. The number of hydrogen-bond donors (Lipinski definition) is 1. The van der Waals surface area contributed by atoms with Gasteiger partial charge in [-0.15, -0.1) is 0 Å². The minimum Gasteiger partial charge on any atom is -0.351 e. The van der Waals surface area contributed by atoms with E-state index in [0.29, 0.717) is 22.9 Å². The molecular formula is C17H27N5O3S. The summed E-state index contributed by atoms with van der Waals surface area (Å²) >= 11 is 1.28. The van der Waals surface area contributed by atoms with Crippen LogP contribution in [0.5, 0.6) is 0 Å². The maximum absolute atomic E-state index is 12.6. The Labute approximate surface area is 156 Å². The number of unbranched alkanes of at least 4 members (excludes halogenated alkanes) is 1. The number of rotatable bonds is 6. The fourth-order valence-electron chi connectivity index (χ4n) is 2.64. The van der Waals surface area contributed by atoms with Crippen molar-refractivity contribution in [1.82, 2.24) is 24.0 Å². The molecule has 144 valence electrons. The van der Waals surface area contributed by atoms with Gasteiger partial charge < -0.3 is 9.88 Å². The first-order chi connectivity index (χ1) is 12.1. The van der Waals surface area contributed by atoms with Crippen molar-refractivity contribution < 1.29 is 4.79 Å². The quantitative estimate of drug-likeness (QED) is 0.760. The van der Waals surface area contributed by atoms with Crippen LogP contribution in [0.2, 0.25) is 0 Å². The fourth-order valence-corrected chi connectivity index (χ4v) is 3.47. The Morgan fingerprint density at radius 3 is 2.42 bits per heavy atom. The van der Waals surface area contributed by atoms with E-state index in [0.717, 1.165) is 17.4 Å². The summed E-state index contributed by atoms with van der Waals surface area (Å²) in [6.07, 6.45) is 1.83. The maximum Gasteiger partial charge on any atom is 0.332 e. The minimum atomic E-state index is -0.412. The number of fused-ring (bicyclic) bond motifs is 1. The van der Waals surface area contributed by atoms with E-state index in [1.165, 1.54) is 23.4 Å². The van der Waals surface area contributed by atoms with Crippen LogP contribution in [0.3, 0.4) is 0 Å². The van der Waals surface area contributed by atoms with Gasteiger partial charge in [-0.25, -0.2) is 9.78 Å². The number of aryl methyl sites for hydroxylation is 2. The molecule has 0 unspecified atom stereocenters. The van der Waals surface area contributed by atoms with Gasteiger partial charge in [-0.2, -0.15) is 0 Å². The molecule has 1 N–H and O–H groups in total. The van der Waals surface area contributed by atoms with Crippen LogP contribution in [0.1, 0.15) is 40.5 Å². The molecule has 0 bridgehead atoms. The molecule has 0 fully saturated rings. The van der Waals surface area contributed by atoms with Crippen LogP contribution in [0.4, 0.5) is 0 Å². The number of nitrogens with one attached hydrogen (secondary N) is 1. The van der Waals surface area contributed by atoms with E-state index in [9.17, 15) is 14.4 Å². The van der Waals surface area contributed by atoms with Crippen molar-refractivity contribution in [2.24, 2.45) is 14.1 Å². The Morgan fingerprint density at radius 2 is 1.85 bits per heavy atom. The van der Waals surface area contributed by atoms with Crippen molar-refractivity contribution in [2.75, 3.05) is 5.75 Å². The number of imidazole rings is 1. The summed E-state index contributed by atoms with van der Waals surface area (Å²) in [5, 5.41) is 3.49. The highest BCUT2D eigenvalue weighted by molar-refractivity contribution is 7.99. The van der Waals surface area contributed by atoms with E-state index in [1.54, 1.807) is 7.05 Å². The SMILES string of the molecule is CCCCn1c(SCC(=O)NC(C)(C)C)nc2c1c(=O)n(C)c(=O)n2C. The van der Waals surface area contributed by atoms with Gasteiger partial charge in [0, 0.05) is 26.2 Å². The van der Waals surface area contributed by atoms with Crippen molar-refractivity contribution in [3.8, 4) is 0 Å². The van der Waals surface area contributed by atoms with Gasteiger partial charge in [0.25, 0.3) is 5.56 Å². The summed E-state index contributed by atoms with van der Waals surface area (Å²) in [4.78, 5) is 41.4. The van der Waals surface area contributed by atoms with E-state index in [4.69, 9.17) is 0 Å². The molecule has 2 heterocycles. The zero-order valence-corrected chi connectivity index (χ0v) is 17.1. The molecular weight excluding hydrogens is 354 g/mol. The van der Waals surface area contributed by atoms with Gasteiger partial charge in [-0.3, -0.25) is 18.7 Å². The fraction of sp³-hybridized carbons (Fsp3) is 0.647. The number of nitrogens with zero attached hydrogens (tertiary/aromatic N) is 4. The van der Waals surface area contributed by atoms with E-state index < -0.39 is 5.69 Å². The zero-order valence-electron chi connectivity index (χ0n) is 16.3. The number of carbonyl (C=O) groups excluding carboxylic acids is 1. The van der Waals surface area contributed by atoms with Crippen molar-refractivity contribution in [2.45, 2.75) is 57.8 Å². The molecule has 26 heavy (non-hydrogen) atoms. The van der Waals surface area contributed by atoms with Gasteiger partial charge in [0.1, 0.15) is 0 Å². The Kier molecular flexibility index (Phi) is 6.00. The first kappa shape index (κ1) is 20.3. The second kappa shape index (κ2) is 7.69. The maximum atomic E-state index is 12.6. The lowest BCUT2D eigenvalue weighted by atomic mass is 10.1. The summed E-state index contributed by atoms with van der Waals surface area (Å²) in [7, 11) is 3.06. The molecule has 0 aliphatic rings. The molecule has 8 nitrogen and oxygen atoms in total. The second-order valence-corrected chi connectivity index (χ2v) is 8.31. The third-order valence-corrected chi connectivity index (χ3v) is 4.87. The summed E-state index contributed by atoms with van der Waals surface area (Å²) in [5.41, 5.74) is -0.322. The van der Waals surface area contributed by atoms with Crippen LogP contribution in [-0.2, 0) is 25.4 Å². The predicted octanol–water partition coefficient (Wildman–Crippen LogP) is 1.24. The molecule has 2 rings (SSSR count). The highest BCUT2D eigenvalue weighted by Crippen LogP contribution is 2.22. The number of carbonyl (C=O) groups is 1. The molecule has 0 atom stereocenters. The largest absolute Gasteiger partial charge is 0.351 e. The van der Waals surface area contributed by atoms with Crippen LogP contribution in [0, 0.1) is 0 Å². The highest BCUT2D eigenvalue weighted by atomic mass is 32.2. The lowest BCUT2D eigenvalue weighted by Crippen LogP contribution is -2.41. The predicted molar refractivity (Wildman–Crippen MR) is 104 cm³/mol. The molecule has 1 amide bonds. The Balaban J connectivity index is 2.47. The molecule has 0 saturated carbocycles. The molecule has 9 heteroatoms. The second-order valence-electron chi connectivity index (χ2n) is 7.36. The van der Waals surface area contributed by atoms with E-state index in [-0.39, 0.29) is 22.8 Å². The summed E-state index contributed by atoms with van der Waals surface area (Å²) in [6, 6.07) is 0. The van der Waals surface area contributed by atoms with E-state index >= 15 is 0 Å². The Morgan fingerprint density at radius 1 is 1.19 bits per heavy atom. The molecule has 0 aromatic carbocycles. The number of hydrogen-bond acceptors (Lipinski definition) is 5. The lowest BCUT2D eigenvalue weighted by Gasteiger charge is -2.20.